The first kappa shape index (κ1) is 18.9. The molecule has 4 aliphatic heterocycles. The van der Waals surface area contributed by atoms with Crippen molar-refractivity contribution in [1.82, 2.24) is 14.7 Å². The molecule has 1 amide bonds. The molecular formula is C23H35N3O. The second-order valence-electron chi connectivity index (χ2n) is 8.85. The lowest BCUT2D eigenvalue weighted by Crippen LogP contribution is -2.46. The van der Waals surface area contributed by atoms with Gasteiger partial charge in [-0.25, -0.2) is 0 Å². The Bertz CT molecular complexity index is 597. The van der Waals surface area contributed by atoms with Crippen molar-refractivity contribution in [3.63, 3.8) is 0 Å². The second-order valence-corrected chi connectivity index (χ2v) is 8.85. The quantitative estimate of drug-likeness (QED) is 0.814. The first-order valence-electron chi connectivity index (χ1n) is 11.1. The van der Waals surface area contributed by atoms with Gasteiger partial charge in [-0.15, -0.1) is 0 Å². The number of rotatable bonds is 4. The molecule has 0 spiro atoms. The van der Waals surface area contributed by atoms with Gasteiger partial charge in [0.25, 0.3) is 0 Å². The van der Waals surface area contributed by atoms with Crippen LogP contribution < -0.4 is 0 Å². The van der Waals surface area contributed by atoms with Crippen LogP contribution in [-0.2, 0) is 11.3 Å². The monoisotopic (exact) mass is 369 g/mol. The number of amides is 1. The smallest absolute Gasteiger partial charge is 0.236 e. The van der Waals surface area contributed by atoms with Gasteiger partial charge in [-0.2, -0.15) is 0 Å². The van der Waals surface area contributed by atoms with Crippen LogP contribution in [0, 0.1) is 5.92 Å². The third-order valence-corrected chi connectivity index (χ3v) is 6.72. The van der Waals surface area contributed by atoms with Crippen molar-refractivity contribution in [3.05, 3.63) is 35.9 Å². The molecule has 5 rings (SSSR count). The van der Waals surface area contributed by atoms with Crippen molar-refractivity contribution in [2.24, 2.45) is 5.92 Å². The Morgan fingerprint density at radius 2 is 1.63 bits per heavy atom. The van der Waals surface area contributed by atoms with Gasteiger partial charge in [0, 0.05) is 32.2 Å². The standard InChI is InChI=1S/C23H35N3O/c27-23(19-24-13-7-2-1-3-8-14-24)26-17-21-11-12-22(18-26)25(16-21)15-20-9-5-4-6-10-20/h4-6,9-10,21-22H,1-3,7-8,11-19H2/t21-,22-/m0/s1. The molecule has 2 atom stereocenters. The summed E-state index contributed by atoms with van der Waals surface area (Å²) >= 11 is 0. The average molecular weight is 370 g/mol. The summed E-state index contributed by atoms with van der Waals surface area (Å²) in [7, 11) is 0. The minimum absolute atomic E-state index is 0.369. The molecule has 0 unspecified atom stereocenters. The number of hydrogen-bond acceptors (Lipinski definition) is 3. The normalized spacial score (nSPS) is 27.8. The fourth-order valence-electron chi connectivity index (χ4n) is 5.16. The molecule has 27 heavy (non-hydrogen) atoms. The van der Waals surface area contributed by atoms with Crippen molar-refractivity contribution >= 4 is 5.91 Å². The molecule has 1 aromatic carbocycles. The van der Waals surface area contributed by atoms with E-state index in [9.17, 15) is 4.79 Å². The van der Waals surface area contributed by atoms with Crippen molar-refractivity contribution < 1.29 is 4.79 Å². The number of benzene rings is 1. The van der Waals surface area contributed by atoms with E-state index >= 15 is 0 Å². The molecule has 0 radical (unpaired) electrons. The van der Waals surface area contributed by atoms with Crippen LogP contribution in [0.15, 0.2) is 30.3 Å². The topological polar surface area (TPSA) is 26.8 Å². The number of piperidine rings is 1. The maximum absolute atomic E-state index is 13.1. The highest BCUT2D eigenvalue weighted by Gasteiger charge is 2.36. The molecule has 4 fully saturated rings. The number of likely N-dealkylation sites (tertiary alicyclic amines) is 1. The highest BCUT2D eigenvalue weighted by atomic mass is 16.2. The predicted molar refractivity (Wildman–Crippen MR) is 109 cm³/mol. The molecule has 4 saturated heterocycles. The van der Waals surface area contributed by atoms with Crippen LogP contribution in [0.1, 0.15) is 50.5 Å². The van der Waals surface area contributed by atoms with Crippen LogP contribution in [0.2, 0.25) is 0 Å². The number of carbonyl (C=O) groups is 1. The van der Waals surface area contributed by atoms with Crippen molar-refractivity contribution in [2.75, 3.05) is 39.3 Å². The maximum atomic E-state index is 13.1. The molecule has 4 heteroatoms. The summed E-state index contributed by atoms with van der Waals surface area (Å²) in [5.41, 5.74) is 1.39. The van der Waals surface area contributed by atoms with Gasteiger partial charge in [0.2, 0.25) is 5.91 Å². The van der Waals surface area contributed by atoms with Crippen LogP contribution in [-0.4, -0.2) is 65.9 Å². The molecule has 4 nitrogen and oxygen atoms in total. The summed E-state index contributed by atoms with van der Waals surface area (Å²) in [5, 5.41) is 0. The molecule has 4 aliphatic rings. The van der Waals surface area contributed by atoms with Crippen molar-refractivity contribution in [1.29, 1.82) is 0 Å². The van der Waals surface area contributed by atoms with Gasteiger partial charge in [0.1, 0.15) is 0 Å². The number of hydrogen-bond donors (Lipinski definition) is 0. The Balaban J connectivity index is 1.35. The maximum Gasteiger partial charge on any atom is 0.236 e. The first-order valence-corrected chi connectivity index (χ1v) is 11.1. The zero-order valence-electron chi connectivity index (χ0n) is 16.7. The molecule has 148 valence electrons. The van der Waals surface area contributed by atoms with Gasteiger partial charge in [-0.3, -0.25) is 14.6 Å². The van der Waals surface area contributed by atoms with Gasteiger partial charge >= 0.3 is 0 Å². The highest BCUT2D eigenvalue weighted by molar-refractivity contribution is 5.78. The zero-order chi connectivity index (χ0) is 18.5. The SMILES string of the molecule is O=C(CN1CCCCCCC1)N1C[C@H]2CC[C@@H](C1)N(Cc1ccccc1)C2. The van der Waals surface area contributed by atoms with Crippen LogP contribution >= 0.6 is 0 Å². The van der Waals surface area contributed by atoms with Gasteiger partial charge in [-0.1, -0.05) is 49.6 Å². The summed E-state index contributed by atoms with van der Waals surface area (Å²) in [6, 6.07) is 11.3. The fraction of sp³-hybridized carbons (Fsp3) is 0.696. The summed E-state index contributed by atoms with van der Waals surface area (Å²) in [6.45, 7) is 6.91. The lowest BCUT2D eigenvalue weighted by atomic mass is 9.94. The molecular weight excluding hydrogens is 334 g/mol. The van der Waals surface area contributed by atoms with Crippen LogP contribution in [0.25, 0.3) is 0 Å². The minimum Gasteiger partial charge on any atom is -0.340 e. The highest BCUT2D eigenvalue weighted by Crippen LogP contribution is 2.29. The van der Waals surface area contributed by atoms with E-state index in [4.69, 9.17) is 0 Å². The lowest BCUT2D eigenvalue weighted by molar-refractivity contribution is -0.132. The van der Waals surface area contributed by atoms with Crippen molar-refractivity contribution in [2.45, 2.75) is 57.5 Å². The summed E-state index contributed by atoms with van der Waals surface area (Å²) in [5.74, 6) is 1.01. The Kier molecular flexibility index (Phi) is 6.46. The largest absolute Gasteiger partial charge is 0.340 e. The Morgan fingerprint density at radius 3 is 2.41 bits per heavy atom. The Labute approximate surface area is 164 Å². The number of carbonyl (C=O) groups excluding carboxylic acids is 1. The summed E-state index contributed by atoms with van der Waals surface area (Å²) in [4.78, 5) is 20.3. The third kappa shape index (κ3) is 5.11. The molecule has 0 aliphatic carbocycles. The van der Waals surface area contributed by atoms with E-state index in [2.05, 4.69) is 45.0 Å². The van der Waals surface area contributed by atoms with Crippen molar-refractivity contribution in [3.8, 4) is 0 Å². The van der Waals surface area contributed by atoms with Crippen LogP contribution in [0.3, 0.4) is 0 Å². The second kappa shape index (κ2) is 9.20. The van der Waals surface area contributed by atoms with Crippen LogP contribution in [0.5, 0.6) is 0 Å². The van der Waals surface area contributed by atoms with E-state index < -0.39 is 0 Å². The number of fused-ring (bicyclic) bond motifs is 4. The third-order valence-electron chi connectivity index (χ3n) is 6.72. The van der Waals surface area contributed by atoms with Gasteiger partial charge < -0.3 is 4.90 Å². The summed E-state index contributed by atoms with van der Waals surface area (Å²) in [6.07, 6.45) is 9.05. The van der Waals surface area contributed by atoms with Gasteiger partial charge in [0.05, 0.1) is 6.54 Å². The van der Waals surface area contributed by atoms with Gasteiger partial charge in [-0.05, 0) is 50.3 Å². The van der Waals surface area contributed by atoms with E-state index in [1.54, 1.807) is 0 Å². The lowest BCUT2D eigenvalue weighted by Gasteiger charge is -2.36. The average Bonchev–Trinajstić information content (AvgIpc) is 2.97. The molecule has 4 heterocycles. The van der Waals surface area contributed by atoms with Crippen LogP contribution in [0.4, 0.5) is 0 Å². The van der Waals surface area contributed by atoms with E-state index in [1.165, 1.54) is 50.5 Å². The van der Waals surface area contributed by atoms with E-state index in [0.29, 0.717) is 24.4 Å². The number of nitrogens with zero attached hydrogens (tertiary/aromatic N) is 3. The van der Waals surface area contributed by atoms with E-state index in [0.717, 1.165) is 39.3 Å². The van der Waals surface area contributed by atoms with Gasteiger partial charge in [0.15, 0.2) is 0 Å². The molecule has 2 bridgehead atoms. The molecule has 1 aromatic rings. The van der Waals surface area contributed by atoms with E-state index in [-0.39, 0.29) is 0 Å². The zero-order valence-corrected chi connectivity index (χ0v) is 16.7. The minimum atomic E-state index is 0.369. The van der Waals surface area contributed by atoms with E-state index in [1.807, 2.05) is 0 Å². The molecule has 0 aromatic heterocycles. The predicted octanol–water partition coefficient (Wildman–Crippen LogP) is 3.38. The molecule has 0 N–H and O–H groups in total. The fourth-order valence-corrected chi connectivity index (χ4v) is 5.16. The molecule has 0 saturated carbocycles. The summed E-state index contributed by atoms with van der Waals surface area (Å²) < 4.78 is 0. The Morgan fingerprint density at radius 1 is 0.889 bits per heavy atom. The Hall–Kier alpha value is -1.39. The first-order chi connectivity index (χ1) is 13.3.